The number of nitrogens with zero attached hydrogens (tertiary/aromatic N) is 2. The van der Waals surface area contributed by atoms with Crippen molar-refractivity contribution < 1.29 is 9.53 Å². The Kier molecular flexibility index (Phi) is 5.01. The average molecular weight is 394 g/mol. The second-order valence-corrected chi connectivity index (χ2v) is 9.35. The van der Waals surface area contributed by atoms with Crippen LogP contribution in [0.4, 0.5) is 4.79 Å². The molecule has 2 atom stereocenters. The fourth-order valence-corrected chi connectivity index (χ4v) is 4.42. The summed E-state index contributed by atoms with van der Waals surface area (Å²) < 4.78 is 5.70. The number of benzene rings is 2. The SMILES string of the molecule is CCC[C@H]1C[C@@H](c2nc3c(ccc4cc(C)ccc43)[nH]2)N(C(=O)OC(C)(C)C)C1. The number of likely N-dealkylation sites (tertiary alicyclic amines) is 1. The molecule has 1 aliphatic heterocycles. The number of aromatic amines is 1. The zero-order valence-electron chi connectivity index (χ0n) is 18.1. The van der Waals surface area contributed by atoms with Crippen LogP contribution in [-0.2, 0) is 4.74 Å². The summed E-state index contributed by atoms with van der Waals surface area (Å²) in [5, 5.41) is 2.33. The van der Waals surface area contributed by atoms with Gasteiger partial charge in [-0.05, 0) is 57.9 Å². The number of carbonyl (C=O) groups is 1. The van der Waals surface area contributed by atoms with Gasteiger partial charge < -0.3 is 9.72 Å². The number of imidazole rings is 1. The lowest BCUT2D eigenvalue weighted by Crippen LogP contribution is -2.37. The molecule has 29 heavy (non-hydrogen) atoms. The van der Waals surface area contributed by atoms with Crippen LogP contribution in [-0.4, -0.2) is 33.1 Å². The van der Waals surface area contributed by atoms with Gasteiger partial charge in [0.1, 0.15) is 11.4 Å². The minimum atomic E-state index is -0.508. The molecule has 0 unspecified atom stereocenters. The van der Waals surface area contributed by atoms with E-state index in [-0.39, 0.29) is 12.1 Å². The number of hydrogen-bond donors (Lipinski definition) is 1. The largest absolute Gasteiger partial charge is 0.444 e. The minimum Gasteiger partial charge on any atom is -0.444 e. The molecule has 5 heteroatoms. The number of carbonyl (C=O) groups excluding carboxylic acids is 1. The van der Waals surface area contributed by atoms with Gasteiger partial charge in [0.05, 0.1) is 17.1 Å². The molecule has 0 spiro atoms. The normalized spacial score (nSPS) is 20.0. The molecule has 3 aromatic rings. The second-order valence-electron chi connectivity index (χ2n) is 9.35. The first-order valence-electron chi connectivity index (χ1n) is 10.6. The summed E-state index contributed by atoms with van der Waals surface area (Å²) in [5.74, 6) is 1.34. The van der Waals surface area contributed by atoms with Crippen molar-refractivity contribution in [2.24, 2.45) is 5.92 Å². The van der Waals surface area contributed by atoms with Crippen LogP contribution in [0, 0.1) is 12.8 Å². The molecule has 5 nitrogen and oxygen atoms in total. The Bertz CT molecular complexity index is 1050. The molecule has 2 aromatic carbocycles. The quantitative estimate of drug-likeness (QED) is 0.583. The Labute approximate surface area is 172 Å². The van der Waals surface area contributed by atoms with E-state index in [4.69, 9.17) is 9.72 Å². The van der Waals surface area contributed by atoms with Gasteiger partial charge in [-0.1, -0.05) is 43.2 Å². The van der Waals surface area contributed by atoms with E-state index in [1.807, 2.05) is 25.7 Å². The van der Waals surface area contributed by atoms with Crippen LogP contribution in [0.1, 0.15) is 64.4 Å². The highest BCUT2D eigenvalue weighted by Gasteiger charge is 2.39. The first-order chi connectivity index (χ1) is 13.7. The molecule has 0 aliphatic carbocycles. The second kappa shape index (κ2) is 7.36. The van der Waals surface area contributed by atoms with E-state index in [2.05, 4.69) is 49.2 Å². The lowest BCUT2D eigenvalue weighted by molar-refractivity contribution is 0.0213. The molecular formula is C24H31N3O2. The van der Waals surface area contributed by atoms with E-state index in [0.717, 1.165) is 48.1 Å². The smallest absolute Gasteiger partial charge is 0.410 e. The lowest BCUT2D eigenvalue weighted by Gasteiger charge is -2.27. The molecule has 0 bridgehead atoms. The number of hydrogen-bond acceptors (Lipinski definition) is 3. The number of nitrogens with one attached hydrogen (secondary N) is 1. The molecule has 1 saturated heterocycles. The molecule has 2 heterocycles. The third kappa shape index (κ3) is 3.96. The third-order valence-electron chi connectivity index (χ3n) is 5.67. The first-order valence-corrected chi connectivity index (χ1v) is 10.6. The van der Waals surface area contributed by atoms with Crippen molar-refractivity contribution in [3.63, 3.8) is 0 Å². The van der Waals surface area contributed by atoms with Crippen molar-refractivity contribution in [2.45, 2.75) is 65.5 Å². The van der Waals surface area contributed by atoms with Gasteiger partial charge >= 0.3 is 6.09 Å². The van der Waals surface area contributed by atoms with Crippen LogP contribution in [0.3, 0.4) is 0 Å². The number of fused-ring (bicyclic) bond motifs is 3. The van der Waals surface area contributed by atoms with Crippen LogP contribution in [0.2, 0.25) is 0 Å². The fourth-order valence-electron chi connectivity index (χ4n) is 4.42. The molecular weight excluding hydrogens is 362 g/mol. The van der Waals surface area contributed by atoms with Gasteiger partial charge in [0, 0.05) is 11.9 Å². The van der Waals surface area contributed by atoms with Gasteiger partial charge in [-0.25, -0.2) is 9.78 Å². The van der Waals surface area contributed by atoms with Crippen molar-refractivity contribution in [3.8, 4) is 0 Å². The van der Waals surface area contributed by atoms with Gasteiger partial charge in [-0.3, -0.25) is 4.90 Å². The molecule has 154 valence electrons. The lowest BCUT2D eigenvalue weighted by atomic mass is 10.0. The Morgan fingerprint density at radius 2 is 2.07 bits per heavy atom. The number of ether oxygens (including phenoxy) is 1. The molecule has 1 fully saturated rings. The highest BCUT2D eigenvalue weighted by atomic mass is 16.6. The summed E-state index contributed by atoms with van der Waals surface area (Å²) >= 11 is 0. The molecule has 1 N–H and O–H groups in total. The maximum atomic E-state index is 12.9. The van der Waals surface area contributed by atoms with Crippen LogP contribution in [0.5, 0.6) is 0 Å². The zero-order valence-corrected chi connectivity index (χ0v) is 18.1. The van der Waals surface area contributed by atoms with Gasteiger partial charge in [-0.15, -0.1) is 0 Å². The highest BCUT2D eigenvalue weighted by molar-refractivity contribution is 6.04. The summed E-state index contributed by atoms with van der Waals surface area (Å²) in [5.41, 5.74) is 2.72. The molecule has 0 saturated carbocycles. The van der Waals surface area contributed by atoms with Gasteiger partial charge in [0.2, 0.25) is 0 Å². The van der Waals surface area contributed by atoms with Crippen molar-refractivity contribution in [1.82, 2.24) is 14.9 Å². The summed E-state index contributed by atoms with van der Waals surface area (Å²) in [6, 6.07) is 10.6. The summed E-state index contributed by atoms with van der Waals surface area (Å²) in [4.78, 5) is 23.3. The maximum absolute atomic E-state index is 12.9. The van der Waals surface area contributed by atoms with E-state index in [1.54, 1.807) is 0 Å². The van der Waals surface area contributed by atoms with Crippen molar-refractivity contribution in [2.75, 3.05) is 6.54 Å². The predicted molar refractivity (Wildman–Crippen MR) is 117 cm³/mol. The average Bonchev–Trinajstić information content (AvgIpc) is 3.24. The standard InChI is InChI=1S/C24H31N3O2/c1-6-7-16-13-20(27(14-16)23(28)29-24(3,4)5)22-25-19-11-9-17-12-15(2)8-10-18(17)21(19)26-22/h8-12,16,20H,6-7,13-14H2,1-5H3,(H,25,26)/t16-,20-/m0/s1. The molecule has 4 rings (SSSR count). The van der Waals surface area contributed by atoms with E-state index in [9.17, 15) is 4.79 Å². The Morgan fingerprint density at radius 3 is 2.79 bits per heavy atom. The summed E-state index contributed by atoms with van der Waals surface area (Å²) in [6.07, 6.45) is 2.90. The molecule has 1 amide bonds. The first kappa shape index (κ1) is 19.7. The Balaban J connectivity index is 1.72. The van der Waals surface area contributed by atoms with E-state index < -0.39 is 5.60 Å². The molecule has 1 aromatic heterocycles. The van der Waals surface area contributed by atoms with Gasteiger partial charge in [-0.2, -0.15) is 0 Å². The van der Waals surface area contributed by atoms with E-state index >= 15 is 0 Å². The Hall–Kier alpha value is -2.56. The van der Waals surface area contributed by atoms with Crippen molar-refractivity contribution in [1.29, 1.82) is 0 Å². The number of H-pyrrole nitrogens is 1. The van der Waals surface area contributed by atoms with Crippen LogP contribution in [0.15, 0.2) is 30.3 Å². The minimum absolute atomic E-state index is 0.0747. The van der Waals surface area contributed by atoms with Crippen LogP contribution >= 0.6 is 0 Å². The maximum Gasteiger partial charge on any atom is 0.410 e. The third-order valence-corrected chi connectivity index (χ3v) is 5.67. The van der Waals surface area contributed by atoms with Crippen molar-refractivity contribution in [3.05, 3.63) is 41.7 Å². The zero-order chi connectivity index (χ0) is 20.8. The number of aromatic nitrogens is 2. The van der Waals surface area contributed by atoms with Crippen LogP contribution in [0.25, 0.3) is 21.8 Å². The van der Waals surface area contributed by atoms with E-state index in [1.165, 1.54) is 10.9 Å². The summed E-state index contributed by atoms with van der Waals surface area (Å²) in [7, 11) is 0. The van der Waals surface area contributed by atoms with Gasteiger partial charge in [0.15, 0.2) is 0 Å². The monoisotopic (exact) mass is 393 g/mol. The van der Waals surface area contributed by atoms with Gasteiger partial charge in [0.25, 0.3) is 0 Å². The highest BCUT2D eigenvalue weighted by Crippen LogP contribution is 2.38. The molecule has 0 radical (unpaired) electrons. The Morgan fingerprint density at radius 1 is 1.28 bits per heavy atom. The number of aryl methyl sites for hydroxylation is 1. The van der Waals surface area contributed by atoms with Crippen molar-refractivity contribution >= 4 is 27.9 Å². The number of rotatable bonds is 3. The fraction of sp³-hybridized carbons (Fsp3) is 0.500. The van der Waals surface area contributed by atoms with E-state index in [0.29, 0.717) is 5.92 Å². The number of amides is 1. The topological polar surface area (TPSA) is 58.2 Å². The molecule has 1 aliphatic rings. The van der Waals surface area contributed by atoms with Crippen LogP contribution < -0.4 is 0 Å². The predicted octanol–water partition coefficient (Wildman–Crippen LogP) is 6.12. The summed E-state index contributed by atoms with van der Waals surface area (Å²) in [6.45, 7) is 10.8.